The van der Waals surface area contributed by atoms with E-state index in [1.54, 1.807) is 12.3 Å². The molecule has 1 atom stereocenters. The SMILES string of the molecule is O=C(COc1ccccc1[N+](=O)[O-])N/N=C\[C@H]1CC=CCC1. The van der Waals surface area contributed by atoms with Crippen LogP contribution >= 0.6 is 0 Å². The maximum absolute atomic E-state index is 11.6. The minimum absolute atomic E-state index is 0.0593. The van der Waals surface area contributed by atoms with E-state index in [0.717, 1.165) is 19.3 Å². The fourth-order valence-electron chi connectivity index (χ4n) is 2.07. The molecule has 22 heavy (non-hydrogen) atoms. The molecule has 0 saturated carbocycles. The third-order valence-electron chi connectivity index (χ3n) is 3.20. The van der Waals surface area contributed by atoms with Crippen LogP contribution in [0, 0.1) is 16.0 Å². The molecule has 0 radical (unpaired) electrons. The summed E-state index contributed by atoms with van der Waals surface area (Å²) < 4.78 is 5.16. The highest BCUT2D eigenvalue weighted by molar-refractivity contribution is 5.78. The molecular formula is C15H17N3O4. The molecule has 0 spiro atoms. The molecule has 7 nitrogen and oxygen atoms in total. The Morgan fingerprint density at radius 3 is 3.00 bits per heavy atom. The number of carbonyl (C=O) groups excluding carboxylic acids is 1. The van der Waals surface area contributed by atoms with E-state index in [2.05, 4.69) is 22.7 Å². The molecule has 1 N–H and O–H groups in total. The second-order valence-corrected chi connectivity index (χ2v) is 4.87. The van der Waals surface area contributed by atoms with Gasteiger partial charge in [-0.25, -0.2) is 5.43 Å². The maximum atomic E-state index is 11.6. The van der Waals surface area contributed by atoms with Gasteiger partial charge >= 0.3 is 5.69 Å². The van der Waals surface area contributed by atoms with Gasteiger partial charge in [0.25, 0.3) is 5.91 Å². The van der Waals surface area contributed by atoms with Crippen LogP contribution in [-0.4, -0.2) is 23.7 Å². The molecule has 0 aromatic heterocycles. The lowest BCUT2D eigenvalue weighted by molar-refractivity contribution is -0.385. The lowest BCUT2D eigenvalue weighted by Gasteiger charge is -2.11. The molecule has 0 saturated heterocycles. The predicted molar refractivity (Wildman–Crippen MR) is 81.7 cm³/mol. The number of allylic oxidation sites excluding steroid dienone is 2. The number of carbonyl (C=O) groups is 1. The average molecular weight is 303 g/mol. The number of nitrogens with one attached hydrogen (secondary N) is 1. The van der Waals surface area contributed by atoms with E-state index >= 15 is 0 Å². The van der Waals surface area contributed by atoms with Crippen LogP contribution in [0.2, 0.25) is 0 Å². The molecule has 0 aliphatic heterocycles. The Hall–Kier alpha value is -2.70. The number of para-hydroxylation sites is 2. The summed E-state index contributed by atoms with van der Waals surface area (Å²) in [6.07, 6.45) is 8.90. The number of ether oxygens (including phenoxy) is 1. The lowest BCUT2D eigenvalue weighted by Crippen LogP contribution is -2.25. The van der Waals surface area contributed by atoms with Crippen LogP contribution in [-0.2, 0) is 4.79 Å². The van der Waals surface area contributed by atoms with Gasteiger partial charge in [0.15, 0.2) is 12.4 Å². The van der Waals surface area contributed by atoms with Gasteiger partial charge in [0.05, 0.1) is 4.92 Å². The van der Waals surface area contributed by atoms with Gasteiger partial charge in [-0.1, -0.05) is 24.3 Å². The molecule has 0 heterocycles. The number of amides is 1. The minimum atomic E-state index is -0.554. The molecule has 1 aromatic rings. The van der Waals surface area contributed by atoms with Gasteiger partial charge in [-0.3, -0.25) is 14.9 Å². The maximum Gasteiger partial charge on any atom is 0.310 e. The molecule has 0 fully saturated rings. The third-order valence-corrected chi connectivity index (χ3v) is 3.20. The summed E-state index contributed by atoms with van der Waals surface area (Å²) in [6, 6.07) is 5.91. The standard InChI is InChI=1S/C15H17N3O4/c19-15(17-16-10-12-6-2-1-3-7-12)11-22-14-9-5-4-8-13(14)18(20)21/h1-2,4-5,8-10,12H,3,6-7,11H2,(H,17,19)/b16-10-/t12-/m0/s1. The van der Waals surface area contributed by atoms with Crippen LogP contribution in [0.25, 0.3) is 0 Å². The summed E-state index contributed by atoms with van der Waals surface area (Å²) in [6.45, 7) is -0.327. The molecule has 116 valence electrons. The van der Waals surface area contributed by atoms with E-state index in [4.69, 9.17) is 4.74 Å². The van der Waals surface area contributed by atoms with Crippen LogP contribution in [0.15, 0.2) is 41.5 Å². The normalized spacial score (nSPS) is 17.4. The number of rotatable bonds is 6. The molecule has 1 amide bonds. The van der Waals surface area contributed by atoms with Gasteiger partial charge in [-0.2, -0.15) is 5.10 Å². The van der Waals surface area contributed by atoms with E-state index in [9.17, 15) is 14.9 Å². The zero-order chi connectivity index (χ0) is 15.8. The Kier molecular flexibility index (Phi) is 5.65. The Morgan fingerprint density at radius 1 is 1.45 bits per heavy atom. The monoisotopic (exact) mass is 303 g/mol. The predicted octanol–water partition coefficient (Wildman–Crippen LogP) is 2.43. The van der Waals surface area contributed by atoms with Crippen molar-refractivity contribution < 1.29 is 14.5 Å². The first-order valence-corrected chi connectivity index (χ1v) is 7.00. The van der Waals surface area contributed by atoms with Gasteiger partial charge in [0.2, 0.25) is 0 Å². The molecule has 7 heteroatoms. The van der Waals surface area contributed by atoms with Gasteiger partial charge in [0, 0.05) is 12.3 Å². The summed E-state index contributed by atoms with van der Waals surface area (Å²) in [5.41, 5.74) is 2.19. The van der Waals surface area contributed by atoms with Crippen molar-refractivity contribution in [1.29, 1.82) is 0 Å². The summed E-state index contributed by atoms with van der Waals surface area (Å²) in [5.74, 6) is -0.0637. The largest absolute Gasteiger partial charge is 0.477 e. The Balaban J connectivity index is 1.79. The first-order valence-electron chi connectivity index (χ1n) is 7.00. The minimum Gasteiger partial charge on any atom is -0.477 e. The van der Waals surface area contributed by atoms with E-state index in [0.29, 0.717) is 5.92 Å². The summed E-state index contributed by atoms with van der Waals surface area (Å²) in [5, 5.41) is 14.7. The molecule has 1 aromatic carbocycles. The molecule has 1 aliphatic carbocycles. The number of hydrazone groups is 1. The number of hydrogen-bond donors (Lipinski definition) is 1. The molecule has 0 unspecified atom stereocenters. The number of nitro benzene ring substituents is 1. The zero-order valence-corrected chi connectivity index (χ0v) is 12.0. The molecular weight excluding hydrogens is 286 g/mol. The van der Waals surface area contributed by atoms with Gasteiger partial charge in [-0.05, 0) is 31.2 Å². The summed E-state index contributed by atoms with van der Waals surface area (Å²) in [7, 11) is 0. The zero-order valence-electron chi connectivity index (χ0n) is 12.0. The van der Waals surface area contributed by atoms with E-state index in [1.807, 2.05) is 0 Å². The van der Waals surface area contributed by atoms with Gasteiger partial charge in [-0.15, -0.1) is 0 Å². The van der Waals surface area contributed by atoms with E-state index < -0.39 is 10.8 Å². The highest BCUT2D eigenvalue weighted by atomic mass is 16.6. The average Bonchev–Trinajstić information content (AvgIpc) is 2.54. The quantitative estimate of drug-likeness (QED) is 0.378. The van der Waals surface area contributed by atoms with Crippen molar-refractivity contribution in [3.63, 3.8) is 0 Å². The van der Waals surface area contributed by atoms with Crippen molar-refractivity contribution in [2.75, 3.05) is 6.61 Å². The number of nitrogens with zero attached hydrogens (tertiary/aromatic N) is 2. The van der Waals surface area contributed by atoms with Crippen molar-refractivity contribution in [2.24, 2.45) is 11.0 Å². The summed E-state index contributed by atoms with van der Waals surface area (Å²) >= 11 is 0. The Morgan fingerprint density at radius 2 is 2.27 bits per heavy atom. The second-order valence-electron chi connectivity index (χ2n) is 4.87. The van der Waals surface area contributed by atoms with Crippen LogP contribution in [0.5, 0.6) is 5.75 Å². The first-order chi connectivity index (χ1) is 10.7. The topological polar surface area (TPSA) is 93.8 Å². The second kappa shape index (κ2) is 7.92. The van der Waals surface area contributed by atoms with Crippen LogP contribution in [0.1, 0.15) is 19.3 Å². The van der Waals surface area contributed by atoms with Crippen LogP contribution in [0.4, 0.5) is 5.69 Å². The van der Waals surface area contributed by atoms with Crippen molar-refractivity contribution >= 4 is 17.8 Å². The number of benzene rings is 1. The van der Waals surface area contributed by atoms with Crippen molar-refractivity contribution in [1.82, 2.24) is 5.43 Å². The lowest BCUT2D eigenvalue weighted by atomic mass is 9.96. The molecule has 0 bridgehead atoms. The van der Waals surface area contributed by atoms with Crippen molar-refractivity contribution in [3.05, 3.63) is 46.5 Å². The number of hydrogen-bond acceptors (Lipinski definition) is 5. The van der Waals surface area contributed by atoms with Gasteiger partial charge < -0.3 is 4.74 Å². The Labute approximate surface area is 127 Å². The van der Waals surface area contributed by atoms with Crippen molar-refractivity contribution in [2.45, 2.75) is 19.3 Å². The van der Waals surface area contributed by atoms with Crippen LogP contribution in [0.3, 0.4) is 0 Å². The highest BCUT2D eigenvalue weighted by Crippen LogP contribution is 2.25. The first kappa shape index (κ1) is 15.7. The Bertz CT molecular complexity index is 598. The summed E-state index contributed by atoms with van der Waals surface area (Å²) in [4.78, 5) is 21.9. The smallest absolute Gasteiger partial charge is 0.310 e. The molecule has 2 rings (SSSR count). The highest BCUT2D eigenvalue weighted by Gasteiger charge is 2.14. The number of nitro groups is 1. The van der Waals surface area contributed by atoms with E-state index in [-0.39, 0.29) is 18.0 Å². The fraction of sp³-hybridized carbons (Fsp3) is 0.333. The third kappa shape index (κ3) is 4.69. The van der Waals surface area contributed by atoms with Crippen molar-refractivity contribution in [3.8, 4) is 5.75 Å². The van der Waals surface area contributed by atoms with Crippen LogP contribution < -0.4 is 10.2 Å². The van der Waals surface area contributed by atoms with E-state index in [1.165, 1.54) is 18.2 Å². The molecule has 1 aliphatic rings. The fourth-order valence-corrected chi connectivity index (χ4v) is 2.07. The van der Waals surface area contributed by atoms with Gasteiger partial charge in [0.1, 0.15) is 0 Å².